The molecule has 24 heavy (non-hydrogen) atoms. The van der Waals surface area contributed by atoms with Gasteiger partial charge in [-0.2, -0.15) is 11.8 Å². The molecule has 0 atom stereocenters. The lowest BCUT2D eigenvalue weighted by molar-refractivity contribution is -0.143. The molecule has 2 aromatic rings. The zero-order chi connectivity index (χ0) is 17.4. The fourth-order valence-corrected chi connectivity index (χ4v) is 2.88. The molecule has 0 unspecified atom stereocenters. The van der Waals surface area contributed by atoms with Crippen molar-refractivity contribution < 1.29 is 9.63 Å². The van der Waals surface area contributed by atoms with Crippen LogP contribution in [0.1, 0.15) is 17.5 Å². The number of rotatable bonds is 7. The van der Waals surface area contributed by atoms with E-state index >= 15 is 0 Å². The molecule has 2 rings (SSSR count). The maximum Gasteiger partial charge on any atom is 0.335 e. The van der Waals surface area contributed by atoms with Crippen LogP contribution in [0.15, 0.2) is 47.9 Å². The highest BCUT2D eigenvalue weighted by atomic mass is 35.5. The fourth-order valence-electron chi connectivity index (χ4n) is 1.69. The van der Waals surface area contributed by atoms with Crippen molar-refractivity contribution in [3.8, 4) is 0 Å². The summed E-state index contributed by atoms with van der Waals surface area (Å²) >= 11 is 13.4. The lowest BCUT2D eigenvalue weighted by atomic mass is 10.2. The van der Waals surface area contributed by atoms with Crippen LogP contribution in [0.2, 0.25) is 10.0 Å². The highest BCUT2D eigenvalue weighted by Gasteiger charge is 2.06. The number of amidine groups is 1. The molecule has 0 bridgehead atoms. The summed E-state index contributed by atoms with van der Waals surface area (Å²) in [7, 11) is 0. The number of aromatic nitrogens is 1. The number of carbonyl (C=O) groups is 1. The highest BCUT2D eigenvalue weighted by molar-refractivity contribution is 7.98. The molecule has 0 fully saturated rings. The third-order valence-corrected chi connectivity index (χ3v) is 4.68. The molecular weight excluding hydrogens is 369 g/mol. The first-order valence-electron chi connectivity index (χ1n) is 7.01. The lowest BCUT2D eigenvalue weighted by Gasteiger charge is -2.03. The summed E-state index contributed by atoms with van der Waals surface area (Å²) in [5.74, 6) is 0.996. The standard InChI is InChI=1S/C16H15Cl2N3O2S/c17-13-4-3-11(8-14(13)18)10-24-7-5-15(22)23-21-16(19)12-2-1-6-20-9-12/h1-4,6,8-9H,5,7,10H2,(H2,19,21). The van der Waals surface area contributed by atoms with E-state index in [1.807, 2.05) is 12.1 Å². The first-order valence-corrected chi connectivity index (χ1v) is 8.92. The predicted octanol–water partition coefficient (Wildman–Crippen LogP) is 3.88. The van der Waals surface area contributed by atoms with E-state index in [2.05, 4.69) is 10.1 Å². The normalized spacial score (nSPS) is 11.3. The molecule has 1 aromatic carbocycles. The van der Waals surface area contributed by atoms with E-state index in [1.54, 1.807) is 42.4 Å². The van der Waals surface area contributed by atoms with Crippen LogP contribution in [0.4, 0.5) is 0 Å². The van der Waals surface area contributed by atoms with Crippen molar-refractivity contribution in [2.45, 2.75) is 12.2 Å². The van der Waals surface area contributed by atoms with Crippen molar-refractivity contribution in [3.05, 3.63) is 63.9 Å². The van der Waals surface area contributed by atoms with Gasteiger partial charge in [-0.3, -0.25) is 4.98 Å². The molecule has 0 saturated heterocycles. The van der Waals surface area contributed by atoms with Gasteiger partial charge in [0.05, 0.1) is 16.5 Å². The third kappa shape index (κ3) is 6.03. The van der Waals surface area contributed by atoms with Gasteiger partial charge < -0.3 is 10.6 Å². The summed E-state index contributed by atoms with van der Waals surface area (Å²) in [4.78, 5) is 20.3. The number of hydrogen-bond acceptors (Lipinski definition) is 5. The molecule has 5 nitrogen and oxygen atoms in total. The van der Waals surface area contributed by atoms with Gasteiger partial charge >= 0.3 is 5.97 Å². The van der Waals surface area contributed by atoms with Gasteiger partial charge in [0.2, 0.25) is 0 Å². The Labute approximate surface area is 154 Å². The Morgan fingerprint density at radius 2 is 2.12 bits per heavy atom. The number of carbonyl (C=O) groups excluding carboxylic acids is 1. The molecule has 0 radical (unpaired) electrons. The summed E-state index contributed by atoms with van der Waals surface area (Å²) in [5, 5.41) is 4.66. The van der Waals surface area contributed by atoms with E-state index in [0.29, 0.717) is 21.4 Å². The van der Waals surface area contributed by atoms with E-state index in [9.17, 15) is 4.79 Å². The Morgan fingerprint density at radius 1 is 1.29 bits per heavy atom. The second-order valence-corrected chi connectivity index (χ2v) is 6.65. The summed E-state index contributed by atoms with van der Waals surface area (Å²) in [6.45, 7) is 0. The van der Waals surface area contributed by atoms with Crippen LogP contribution < -0.4 is 5.73 Å². The lowest BCUT2D eigenvalue weighted by Crippen LogP contribution is -2.15. The summed E-state index contributed by atoms with van der Waals surface area (Å²) in [6, 6.07) is 8.92. The second-order valence-electron chi connectivity index (χ2n) is 4.73. The van der Waals surface area contributed by atoms with Crippen LogP contribution in [0.5, 0.6) is 0 Å². The van der Waals surface area contributed by atoms with Crippen LogP contribution in [0, 0.1) is 0 Å². The van der Waals surface area contributed by atoms with Gasteiger partial charge in [-0.1, -0.05) is 34.4 Å². The SMILES string of the molecule is N/C(=N/OC(=O)CCSCc1ccc(Cl)c(Cl)c1)c1cccnc1. The second kappa shape index (κ2) is 9.52. The van der Waals surface area contributed by atoms with Gasteiger partial charge in [-0.15, -0.1) is 0 Å². The number of thioether (sulfide) groups is 1. The summed E-state index contributed by atoms with van der Waals surface area (Å²) in [6.07, 6.45) is 3.39. The van der Waals surface area contributed by atoms with E-state index in [4.69, 9.17) is 33.8 Å². The molecule has 126 valence electrons. The largest absolute Gasteiger partial charge is 0.380 e. The molecule has 0 saturated carbocycles. The zero-order valence-electron chi connectivity index (χ0n) is 12.6. The maximum atomic E-state index is 11.6. The van der Waals surface area contributed by atoms with E-state index in [0.717, 1.165) is 11.3 Å². The molecule has 0 spiro atoms. The number of halogens is 2. The van der Waals surface area contributed by atoms with Gasteiger partial charge in [0.1, 0.15) is 0 Å². The van der Waals surface area contributed by atoms with Crippen LogP contribution in [0.3, 0.4) is 0 Å². The summed E-state index contributed by atoms with van der Waals surface area (Å²) < 4.78 is 0. The molecular formula is C16H15Cl2N3O2S. The minimum Gasteiger partial charge on any atom is -0.380 e. The number of pyridine rings is 1. The fraction of sp³-hybridized carbons (Fsp3) is 0.188. The molecule has 1 aromatic heterocycles. The Kier molecular flexibility index (Phi) is 7.36. The Balaban J connectivity index is 1.70. The van der Waals surface area contributed by atoms with Crippen LogP contribution in [-0.4, -0.2) is 22.5 Å². The number of nitrogens with zero attached hydrogens (tertiary/aromatic N) is 2. The Bertz CT molecular complexity index is 727. The van der Waals surface area contributed by atoms with Gasteiger partial charge in [0.15, 0.2) is 5.84 Å². The molecule has 0 aliphatic carbocycles. The zero-order valence-corrected chi connectivity index (χ0v) is 14.9. The predicted molar refractivity (Wildman–Crippen MR) is 98.3 cm³/mol. The molecule has 0 aliphatic heterocycles. The summed E-state index contributed by atoms with van der Waals surface area (Å²) in [5.41, 5.74) is 7.34. The minimum absolute atomic E-state index is 0.111. The van der Waals surface area contributed by atoms with Gasteiger partial charge in [-0.25, -0.2) is 4.79 Å². The van der Waals surface area contributed by atoms with Crippen molar-refractivity contribution in [2.75, 3.05) is 5.75 Å². The van der Waals surface area contributed by atoms with E-state index in [1.165, 1.54) is 0 Å². The molecule has 1 heterocycles. The number of oxime groups is 1. The maximum absolute atomic E-state index is 11.6. The van der Waals surface area contributed by atoms with E-state index in [-0.39, 0.29) is 12.3 Å². The smallest absolute Gasteiger partial charge is 0.335 e. The average Bonchev–Trinajstić information content (AvgIpc) is 2.60. The van der Waals surface area contributed by atoms with Crippen molar-refractivity contribution in [3.63, 3.8) is 0 Å². The third-order valence-electron chi connectivity index (χ3n) is 2.91. The van der Waals surface area contributed by atoms with Crippen molar-refractivity contribution in [2.24, 2.45) is 10.9 Å². The average molecular weight is 384 g/mol. The number of nitrogens with two attached hydrogens (primary N) is 1. The van der Waals surface area contributed by atoms with Gasteiger partial charge in [0, 0.05) is 29.5 Å². The molecule has 0 amide bonds. The van der Waals surface area contributed by atoms with Crippen molar-refractivity contribution >= 4 is 46.8 Å². The van der Waals surface area contributed by atoms with Crippen LogP contribution >= 0.6 is 35.0 Å². The van der Waals surface area contributed by atoms with Crippen molar-refractivity contribution in [1.82, 2.24) is 4.98 Å². The first-order chi connectivity index (χ1) is 11.6. The Morgan fingerprint density at radius 3 is 2.83 bits per heavy atom. The molecule has 0 aliphatic rings. The van der Waals surface area contributed by atoms with Crippen LogP contribution in [-0.2, 0) is 15.4 Å². The highest BCUT2D eigenvalue weighted by Crippen LogP contribution is 2.24. The monoisotopic (exact) mass is 383 g/mol. The number of benzene rings is 1. The van der Waals surface area contributed by atoms with E-state index < -0.39 is 5.97 Å². The van der Waals surface area contributed by atoms with Crippen molar-refractivity contribution in [1.29, 1.82) is 0 Å². The minimum atomic E-state index is -0.441. The van der Waals surface area contributed by atoms with Gasteiger partial charge in [-0.05, 0) is 29.8 Å². The van der Waals surface area contributed by atoms with Gasteiger partial charge in [0.25, 0.3) is 0 Å². The molecule has 8 heteroatoms. The Hall–Kier alpha value is -1.76. The molecule has 2 N–H and O–H groups in total. The van der Waals surface area contributed by atoms with Crippen LogP contribution in [0.25, 0.3) is 0 Å². The topological polar surface area (TPSA) is 77.6 Å². The quantitative estimate of drug-likeness (QED) is 0.258. The number of hydrogen-bond donors (Lipinski definition) is 1. The first kappa shape index (κ1) is 18.6.